The molecule has 0 amide bonds. The quantitative estimate of drug-likeness (QED) is 0.181. The molecule has 0 aliphatic heterocycles. The SMILES string of the molecule is N#Cc1cccc(-n2c3ccc(-c4ccccc4)cc3c3c(-c4ccc5c6cc(-c7ccccc7)ccc6n(-c6ccccc6)c5c4)cccc32)c1C#N. The fraction of sp³-hybridized carbons (Fsp3) is 0. The minimum atomic E-state index is 0.358. The van der Waals surface area contributed by atoms with Crippen LogP contribution in [0.25, 0.3) is 88.4 Å². The lowest BCUT2D eigenvalue weighted by Gasteiger charge is -2.12. The third-order valence-corrected chi connectivity index (χ3v) is 10.6. The van der Waals surface area contributed by atoms with Gasteiger partial charge in [-0.3, -0.25) is 0 Å². The number of nitriles is 2. The van der Waals surface area contributed by atoms with Gasteiger partial charge in [-0.05, 0) is 94.0 Å². The van der Waals surface area contributed by atoms with Gasteiger partial charge in [-0.15, -0.1) is 0 Å². The van der Waals surface area contributed by atoms with E-state index in [1.165, 1.54) is 21.9 Å². The Balaban J connectivity index is 1.28. The van der Waals surface area contributed by atoms with Crippen LogP contribution in [0, 0.1) is 22.7 Å². The van der Waals surface area contributed by atoms with Crippen LogP contribution in [0.15, 0.2) is 182 Å². The van der Waals surface area contributed by atoms with E-state index in [-0.39, 0.29) is 0 Å². The van der Waals surface area contributed by atoms with Gasteiger partial charge in [-0.1, -0.05) is 121 Å². The van der Waals surface area contributed by atoms with Crippen LogP contribution in [0.1, 0.15) is 11.1 Å². The van der Waals surface area contributed by atoms with Crippen molar-refractivity contribution in [1.82, 2.24) is 9.13 Å². The molecule has 0 atom stereocenters. The molecule has 0 bridgehead atoms. The highest BCUT2D eigenvalue weighted by molar-refractivity contribution is 6.18. The molecule has 4 heteroatoms. The molecule has 4 nitrogen and oxygen atoms in total. The maximum absolute atomic E-state index is 10.3. The number of aromatic nitrogens is 2. The monoisotopic (exact) mass is 686 g/mol. The van der Waals surface area contributed by atoms with Crippen LogP contribution >= 0.6 is 0 Å². The second-order valence-electron chi connectivity index (χ2n) is 13.6. The number of hydrogen-bond donors (Lipinski definition) is 0. The van der Waals surface area contributed by atoms with Gasteiger partial charge in [0.15, 0.2) is 0 Å². The lowest BCUT2D eigenvalue weighted by molar-refractivity contribution is 1.16. The van der Waals surface area contributed by atoms with Gasteiger partial charge in [-0.25, -0.2) is 0 Å². The largest absolute Gasteiger partial charge is 0.309 e. The Kier molecular flexibility index (Phi) is 7.22. The average Bonchev–Trinajstić information content (AvgIpc) is 3.76. The third-order valence-electron chi connectivity index (χ3n) is 10.6. The molecule has 0 aliphatic rings. The zero-order chi connectivity index (χ0) is 36.2. The molecule has 8 aromatic carbocycles. The van der Waals surface area contributed by atoms with Gasteiger partial charge in [0.1, 0.15) is 12.1 Å². The van der Waals surface area contributed by atoms with Crippen LogP contribution in [-0.2, 0) is 0 Å². The number of nitrogens with zero attached hydrogens (tertiary/aromatic N) is 4. The Labute approximate surface area is 312 Å². The zero-order valence-electron chi connectivity index (χ0n) is 29.1. The fourth-order valence-corrected chi connectivity index (χ4v) is 8.17. The van der Waals surface area contributed by atoms with Crippen molar-refractivity contribution in [1.29, 1.82) is 10.5 Å². The van der Waals surface area contributed by atoms with E-state index in [4.69, 9.17) is 0 Å². The Morgan fingerprint density at radius 1 is 0.370 bits per heavy atom. The summed E-state index contributed by atoms with van der Waals surface area (Å²) in [5.74, 6) is 0. The first kappa shape index (κ1) is 31.1. The molecule has 0 saturated heterocycles. The summed E-state index contributed by atoms with van der Waals surface area (Å²) in [5, 5.41) is 24.8. The van der Waals surface area contributed by atoms with E-state index in [0.29, 0.717) is 16.8 Å². The van der Waals surface area contributed by atoms with Gasteiger partial charge in [-0.2, -0.15) is 10.5 Å². The summed E-state index contributed by atoms with van der Waals surface area (Å²) in [7, 11) is 0. The smallest absolute Gasteiger partial charge is 0.103 e. The van der Waals surface area contributed by atoms with Crippen molar-refractivity contribution >= 4 is 43.6 Å². The van der Waals surface area contributed by atoms with Crippen molar-refractivity contribution in [3.05, 3.63) is 193 Å². The summed E-state index contributed by atoms with van der Waals surface area (Å²) in [4.78, 5) is 0. The van der Waals surface area contributed by atoms with Crippen LogP contribution in [-0.4, -0.2) is 9.13 Å². The summed E-state index contributed by atoms with van der Waals surface area (Å²) in [5.41, 5.74) is 13.5. The molecule has 10 rings (SSSR count). The van der Waals surface area contributed by atoms with Gasteiger partial charge in [0, 0.05) is 27.2 Å². The molecule has 0 spiro atoms. The normalized spacial score (nSPS) is 11.3. The van der Waals surface area contributed by atoms with E-state index >= 15 is 0 Å². The van der Waals surface area contributed by atoms with Gasteiger partial charge in [0.05, 0.1) is 38.9 Å². The van der Waals surface area contributed by atoms with Crippen molar-refractivity contribution < 1.29 is 0 Å². The zero-order valence-corrected chi connectivity index (χ0v) is 29.1. The first-order chi connectivity index (χ1) is 26.7. The number of rotatable bonds is 5. The molecule has 0 saturated carbocycles. The Morgan fingerprint density at radius 3 is 1.65 bits per heavy atom. The minimum Gasteiger partial charge on any atom is -0.309 e. The molecule has 2 heterocycles. The minimum absolute atomic E-state index is 0.358. The highest BCUT2D eigenvalue weighted by Crippen LogP contribution is 2.43. The Hall–Kier alpha value is -7.66. The van der Waals surface area contributed by atoms with E-state index in [1.54, 1.807) is 6.07 Å². The predicted octanol–water partition coefficient (Wildman–Crippen LogP) is 12.6. The van der Waals surface area contributed by atoms with Crippen LogP contribution in [0.3, 0.4) is 0 Å². The van der Waals surface area contributed by atoms with Crippen LogP contribution in [0.5, 0.6) is 0 Å². The summed E-state index contributed by atoms with van der Waals surface area (Å²) < 4.78 is 4.51. The van der Waals surface area contributed by atoms with Crippen LogP contribution in [0.2, 0.25) is 0 Å². The first-order valence-electron chi connectivity index (χ1n) is 18.0. The predicted molar refractivity (Wildman–Crippen MR) is 221 cm³/mol. The second-order valence-corrected chi connectivity index (χ2v) is 13.6. The van der Waals surface area contributed by atoms with Crippen molar-refractivity contribution in [3.8, 4) is 56.9 Å². The molecule has 0 radical (unpaired) electrons. The molecular formula is C50H30N4. The molecule has 10 aromatic rings. The summed E-state index contributed by atoms with van der Waals surface area (Å²) in [6.07, 6.45) is 0. The van der Waals surface area contributed by atoms with Gasteiger partial charge in [0.25, 0.3) is 0 Å². The third kappa shape index (κ3) is 4.83. The number of hydrogen-bond acceptors (Lipinski definition) is 2. The maximum atomic E-state index is 10.3. The summed E-state index contributed by atoms with van der Waals surface area (Å²) in [6.45, 7) is 0. The first-order valence-corrected chi connectivity index (χ1v) is 18.0. The molecule has 250 valence electrons. The van der Waals surface area contributed by atoms with E-state index in [0.717, 1.165) is 60.8 Å². The van der Waals surface area contributed by atoms with Gasteiger partial charge < -0.3 is 9.13 Å². The number of fused-ring (bicyclic) bond motifs is 6. The van der Waals surface area contributed by atoms with Crippen molar-refractivity contribution in [2.45, 2.75) is 0 Å². The number of benzene rings is 8. The second kappa shape index (κ2) is 12.5. The van der Waals surface area contributed by atoms with Crippen molar-refractivity contribution in [2.75, 3.05) is 0 Å². The van der Waals surface area contributed by atoms with Gasteiger partial charge in [0.2, 0.25) is 0 Å². The van der Waals surface area contributed by atoms with E-state index < -0.39 is 0 Å². The Morgan fingerprint density at radius 2 is 0.981 bits per heavy atom. The van der Waals surface area contributed by atoms with E-state index in [2.05, 4.69) is 179 Å². The maximum Gasteiger partial charge on any atom is 0.103 e. The Bertz CT molecular complexity index is 3160. The summed E-state index contributed by atoms with van der Waals surface area (Å²) >= 11 is 0. The summed E-state index contributed by atoms with van der Waals surface area (Å²) in [6, 6.07) is 68.1. The van der Waals surface area contributed by atoms with Crippen molar-refractivity contribution in [2.24, 2.45) is 0 Å². The molecule has 2 aromatic heterocycles. The molecule has 0 unspecified atom stereocenters. The standard InChI is InChI=1S/C50H30N4/c51-31-38-16-10-20-45(44(38)32-52)54-47-27-24-36(34-14-6-2-7-15-34)29-43(47)50-40(19-11-21-48(50)54)37-22-25-41-42-28-35(33-12-4-1-5-13-33)23-26-46(42)53(49(41)30-37)39-17-8-3-9-18-39/h1-30H. The van der Waals surface area contributed by atoms with E-state index in [9.17, 15) is 10.5 Å². The molecule has 0 N–H and O–H groups in total. The number of para-hydroxylation sites is 1. The highest BCUT2D eigenvalue weighted by atomic mass is 15.0. The topological polar surface area (TPSA) is 57.4 Å². The van der Waals surface area contributed by atoms with E-state index in [1.807, 2.05) is 18.2 Å². The molecule has 0 aliphatic carbocycles. The average molecular weight is 687 g/mol. The van der Waals surface area contributed by atoms with Gasteiger partial charge >= 0.3 is 0 Å². The van der Waals surface area contributed by atoms with Crippen molar-refractivity contribution in [3.63, 3.8) is 0 Å². The molecular weight excluding hydrogens is 657 g/mol. The van der Waals surface area contributed by atoms with Crippen LogP contribution < -0.4 is 0 Å². The molecule has 0 fully saturated rings. The fourth-order valence-electron chi connectivity index (χ4n) is 8.17. The molecule has 54 heavy (non-hydrogen) atoms. The van der Waals surface area contributed by atoms with Crippen LogP contribution in [0.4, 0.5) is 0 Å². The highest BCUT2D eigenvalue weighted by Gasteiger charge is 2.21. The lowest BCUT2D eigenvalue weighted by Crippen LogP contribution is -1.99. The lowest BCUT2D eigenvalue weighted by atomic mass is 9.96.